The van der Waals surface area contributed by atoms with Crippen LogP contribution in [0.4, 0.5) is 20.3 Å². The molecule has 11 heteroatoms. The standard InChI is InChI=1S/C19H17ClF2N4O4/c20-18-23-9-14(22)17(24-18)25-19-4-3-10(8-19)5-15(19)30-16(27)7-11-6-12(26(28)29)1-2-13(11)21/h1-2,6,9-10,15H,3-5,7-8H2,(H,23,24,25). The summed E-state index contributed by atoms with van der Waals surface area (Å²) in [6, 6.07) is 2.99. The second-order valence-electron chi connectivity index (χ2n) is 7.65. The lowest BCUT2D eigenvalue weighted by Gasteiger charge is -2.36. The quantitative estimate of drug-likeness (QED) is 0.316. The third-order valence-corrected chi connectivity index (χ3v) is 5.93. The van der Waals surface area contributed by atoms with Gasteiger partial charge in [0, 0.05) is 17.7 Å². The number of non-ortho nitro benzene ring substituents is 1. The van der Waals surface area contributed by atoms with E-state index in [-0.39, 0.29) is 22.4 Å². The van der Waals surface area contributed by atoms with E-state index in [4.69, 9.17) is 16.3 Å². The second kappa shape index (κ2) is 7.75. The number of aromatic nitrogens is 2. The Labute approximate surface area is 174 Å². The predicted molar refractivity (Wildman–Crippen MR) is 102 cm³/mol. The van der Waals surface area contributed by atoms with Crippen molar-refractivity contribution >= 4 is 29.1 Å². The number of nitro benzene ring substituents is 1. The van der Waals surface area contributed by atoms with E-state index in [1.54, 1.807) is 0 Å². The maximum Gasteiger partial charge on any atom is 0.310 e. The van der Waals surface area contributed by atoms with Crippen molar-refractivity contribution in [1.82, 2.24) is 9.97 Å². The number of esters is 1. The molecule has 2 bridgehead atoms. The van der Waals surface area contributed by atoms with Crippen molar-refractivity contribution in [1.29, 1.82) is 0 Å². The second-order valence-corrected chi connectivity index (χ2v) is 7.99. The van der Waals surface area contributed by atoms with Crippen molar-refractivity contribution < 1.29 is 23.2 Å². The summed E-state index contributed by atoms with van der Waals surface area (Å²) in [4.78, 5) is 30.2. The molecular formula is C19H17ClF2N4O4. The first-order valence-corrected chi connectivity index (χ1v) is 9.72. The number of hydrogen-bond acceptors (Lipinski definition) is 7. The molecular weight excluding hydrogens is 422 g/mol. The molecule has 0 saturated heterocycles. The summed E-state index contributed by atoms with van der Waals surface area (Å²) in [5.41, 5.74) is -1.14. The lowest BCUT2D eigenvalue weighted by Crippen LogP contribution is -2.47. The third-order valence-electron chi connectivity index (χ3n) is 5.75. The van der Waals surface area contributed by atoms with Gasteiger partial charge in [-0.2, -0.15) is 4.98 Å². The van der Waals surface area contributed by atoms with Crippen LogP contribution in [0.1, 0.15) is 31.2 Å². The summed E-state index contributed by atoms with van der Waals surface area (Å²) in [5.74, 6) is -1.88. The molecule has 3 unspecified atom stereocenters. The maximum absolute atomic E-state index is 14.1. The van der Waals surface area contributed by atoms with Crippen molar-refractivity contribution in [2.45, 2.75) is 43.7 Å². The van der Waals surface area contributed by atoms with Gasteiger partial charge in [0.15, 0.2) is 11.6 Å². The minimum Gasteiger partial charge on any atom is -0.460 e. The molecule has 0 amide bonds. The highest BCUT2D eigenvalue weighted by atomic mass is 35.5. The zero-order chi connectivity index (χ0) is 21.5. The van der Waals surface area contributed by atoms with E-state index in [2.05, 4.69) is 15.3 Å². The SMILES string of the molecule is O=C(Cc1cc([N+](=O)[O-])ccc1F)OC1CC2CCC1(Nc1nc(Cl)ncc1F)C2. The largest absolute Gasteiger partial charge is 0.460 e. The molecule has 8 nitrogen and oxygen atoms in total. The minimum absolute atomic E-state index is 0.0664. The third kappa shape index (κ3) is 3.91. The summed E-state index contributed by atoms with van der Waals surface area (Å²) in [6.07, 6.45) is 2.72. The summed E-state index contributed by atoms with van der Waals surface area (Å²) in [7, 11) is 0. The molecule has 2 fully saturated rings. The van der Waals surface area contributed by atoms with E-state index >= 15 is 0 Å². The van der Waals surface area contributed by atoms with Gasteiger partial charge in [0.2, 0.25) is 5.28 Å². The number of ether oxygens (including phenoxy) is 1. The Morgan fingerprint density at radius 3 is 2.93 bits per heavy atom. The van der Waals surface area contributed by atoms with Crippen molar-refractivity contribution in [3.05, 3.63) is 57.0 Å². The van der Waals surface area contributed by atoms with Gasteiger partial charge >= 0.3 is 5.97 Å². The Kier molecular flexibility index (Phi) is 5.27. The number of carbonyl (C=O) groups is 1. The molecule has 0 spiro atoms. The average molecular weight is 439 g/mol. The van der Waals surface area contributed by atoms with Gasteiger partial charge in [0.25, 0.3) is 5.69 Å². The molecule has 1 aromatic heterocycles. The van der Waals surface area contributed by atoms with Crippen LogP contribution in [0.15, 0.2) is 24.4 Å². The highest BCUT2D eigenvalue weighted by molar-refractivity contribution is 6.28. The van der Waals surface area contributed by atoms with E-state index in [0.29, 0.717) is 25.2 Å². The molecule has 0 aliphatic heterocycles. The van der Waals surface area contributed by atoms with Gasteiger partial charge in [-0.15, -0.1) is 0 Å². The van der Waals surface area contributed by atoms with Crippen LogP contribution in [0.3, 0.4) is 0 Å². The van der Waals surface area contributed by atoms with Crippen LogP contribution in [0.5, 0.6) is 0 Å². The number of halogens is 3. The molecule has 2 saturated carbocycles. The van der Waals surface area contributed by atoms with Gasteiger partial charge < -0.3 is 10.1 Å². The zero-order valence-corrected chi connectivity index (χ0v) is 16.4. The maximum atomic E-state index is 14.1. The summed E-state index contributed by atoms with van der Waals surface area (Å²) in [5, 5.41) is 13.8. The number of nitro groups is 1. The minimum atomic E-state index is -0.726. The summed E-state index contributed by atoms with van der Waals surface area (Å²) in [6.45, 7) is 0. The van der Waals surface area contributed by atoms with Crippen LogP contribution in [-0.2, 0) is 16.0 Å². The average Bonchev–Trinajstić information content (AvgIpc) is 3.24. The summed E-state index contributed by atoms with van der Waals surface area (Å²) < 4.78 is 33.7. The monoisotopic (exact) mass is 438 g/mol. The molecule has 158 valence electrons. The van der Waals surface area contributed by atoms with Crippen molar-refractivity contribution in [2.24, 2.45) is 5.92 Å². The first-order valence-electron chi connectivity index (χ1n) is 9.34. The Balaban J connectivity index is 1.50. The number of carbonyl (C=O) groups excluding carboxylic acids is 1. The highest BCUT2D eigenvalue weighted by Crippen LogP contribution is 2.51. The fourth-order valence-corrected chi connectivity index (χ4v) is 4.53. The Hall–Kier alpha value is -2.88. The topological polar surface area (TPSA) is 107 Å². The Morgan fingerprint density at radius 1 is 1.40 bits per heavy atom. The number of fused-ring (bicyclic) bond motifs is 2. The predicted octanol–water partition coefficient (Wildman–Crippen LogP) is 3.83. The molecule has 3 atom stereocenters. The van der Waals surface area contributed by atoms with Crippen LogP contribution in [0, 0.1) is 27.7 Å². The van der Waals surface area contributed by atoms with E-state index in [1.807, 2.05) is 0 Å². The molecule has 30 heavy (non-hydrogen) atoms. The lowest BCUT2D eigenvalue weighted by molar-refractivity contribution is -0.385. The summed E-state index contributed by atoms with van der Waals surface area (Å²) >= 11 is 5.76. The first-order chi connectivity index (χ1) is 14.3. The van der Waals surface area contributed by atoms with Crippen molar-refractivity contribution in [2.75, 3.05) is 5.32 Å². The zero-order valence-electron chi connectivity index (χ0n) is 15.6. The van der Waals surface area contributed by atoms with Crippen molar-refractivity contribution in [3.8, 4) is 0 Å². The van der Waals surface area contributed by atoms with Crippen LogP contribution in [-0.4, -0.2) is 32.5 Å². The number of nitrogens with one attached hydrogen (secondary N) is 1. The van der Waals surface area contributed by atoms with Crippen LogP contribution < -0.4 is 5.32 Å². The first kappa shape index (κ1) is 20.4. The van der Waals surface area contributed by atoms with Gasteiger partial charge in [-0.1, -0.05) is 0 Å². The molecule has 2 aromatic rings. The van der Waals surface area contributed by atoms with Gasteiger partial charge in [0.1, 0.15) is 11.9 Å². The van der Waals surface area contributed by atoms with E-state index in [0.717, 1.165) is 30.8 Å². The lowest BCUT2D eigenvalue weighted by atomic mass is 9.90. The fourth-order valence-electron chi connectivity index (χ4n) is 4.39. The molecule has 4 rings (SSSR count). The molecule has 2 aliphatic carbocycles. The fraction of sp³-hybridized carbons (Fsp3) is 0.421. The van der Waals surface area contributed by atoms with Crippen molar-refractivity contribution in [3.63, 3.8) is 0 Å². The number of rotatable bonds is 6. The molecule has 1 heterocycles. The number of nitrogens with zero attached hydrogens (tertiary/aromatic N) is 3. The van der Waals surface area contributed by atoms with Crippen LogP contribution >= 0.6 is 11.6 Å². The van der Waals surface area contributed by atoms with Crippen LogP contribution in [0.2, 0.25) is 5.28 Å². The van der Waals surface area contributed by atoms with Gasteiger partial charge in [-0.3, -0.25) is 14.9 Å². The van der Waals surface area contributed by atoms with Gasteiger partial charge in [0.05, 0.1) is 23.1 Å². The molecule has 1 N–H and O–H groups in total. The molecule has 1 aromatic carbocycles. The molecule has 2 aliphatic rings. The van der Waals surface area contributed by atoms with E-state index in [1.165, 1.54) is 0 Å². The Morgan fingerprint density at radius 2 is 2.20 bits per heavy atom. The van der Waals surface area contributed by atoms with E-state index < -0.39 is 40.6 Å². The number of hydrogen-bond donors (Lipinski definition) is 1. The molecule has 0 radical (unpaired) electrons. The number of benzene rings is 1. The highest BCUT2D eigenvalue weighted by Gasteiger charge is 2.54. The van der Waals surface area contributed by atoms with E-state index in [9.17, 15) is 23.7 Å². The normalized spacial score (nSPS) is 24.6. The Bertz CT molecular complexity index is 1020. The van der Waals surface area contributed by atoms with Gasteiger partial charge in [-0.25, -0.2) is 13.8 Å². The smallest absolute Gasteiger partial charge is 0.310 e. The number of anilines is 1. The van der Waals surface area contributed by atoms with Gasteiger partial charge in [-0.05, 0) is 49.3 Å². The van der Waals surface area contributed by atoms with Crippen LogP contribution in [0.25, 0.3) is 0 Å².